The molecule has 1 aromatic rings. The first kappa shape index (κ1) is 15.3. The number of hydrogen-bond donors (Lipinski definition) is 0. The molecule has 0 spiro atoms. The van der Waals surface area contributed by atoms with Gasteiger partial charge in [-0.05, 0) is 24.8 Å². The van der Waals surface area contributed by atoms with Crippen molar-refractivity contribution in [3.63, 3.8) is 0 Å². The zero-order valence-corrected chi connectivity index (χ0v) is 12.1. The van der Waals surface area contributed by atoms with Gasteiger partial charge in [-0.2, -0.15) is 0 Å². The Kier molecular flexibility index (Phi) is 6.15. The summed E-state index contributed by atoms with van der Waals surface area (Å²) in [6.45, 7) is 7.28. The quantitative estimate of drug-likeness (QED) is 0.715. The van der Waals surface area contributed by atoms with E-state index in [4.69, 9.17) is 6.42 Å². The highest BCUT2D eigenvalue weighted by molar-refractivity contribution is 5.76. The highest BCUT2D eigenvalue weighted by Gasteiger charge is 2.13. The highest BCUT2D eigenvalue weighted by atomic mass is 16.2. The number of carbonyl (C=O) groups excluding carboxylic acids is 1. The predicted molar refractivity (Wildman–Crippen MR) is 79.5 cm³/mol. The van der Waals surface area contributed by atoms with Crippen molar-refractivity contribution < 1.29 is 4.79 Å². The molecule has 0 saturated carbocycles. The maximum Gasteiger partial charge on any atom is 0.223 e. The van der Waals surface area contributed by atoms with Crippen molar-refractivity contribution in [3.8, 4) is 12.3 Å². The fourth-order valence-electron chi connectivity index (χ4n) is 1.83. The van der Waals surface area contributed by atoms with Crippen molar-refractivity contribution in [2.24, 2.45) is 5.92 Å². The second-order valence-electron chi connectivity index (χ2n) is 5.37. The first-order valence-electron chi connectivity index (χ1n) is 6.79. The second-order valence-corrected chi connectivity index (χ2v) is 5.37. The molecule has 0 atom stereocenters. The zero-order valence-electron chi connectivity index (χ0n) is 12.1. The van der Waals surface area contributed by atoms with Gasteiger partial charge in [0.05, 0.1) is 6.54 Å². The lowest BCUT2D eigenvalue weighted by atomic mass is 10.1. The Morgan fingerprint density at radius 2 is 1.95 bits per heavy atom. The van der Waals surface area contributed by atoms with Crippen LogP contribution in [0.1, 0.15) is 37.8 Å². The maximum atomic E-state index is 12.1. The van der Waals surface area contributed by atoms with E-state index in [-0.39, 0.29) is 5.91 Å². The van der Waals surface area contributed by atoms with E-state index < -0.39 is 0 Å². The molecule has 2 nitrogen and oxygen atoms in total. The van der Waals surface area contributed by atoms with Gasteiger partial charge in [0.1, 0.15) is 0 Å². The Balaban J connectivity index is 2.64. The largest absolute Gasteiger partial charge is 0.327 e. The first-order valence-corrected chi connectivity index (χ1v) is 6.79. The lowest BCUT2D eigenvalue weighted by molar-refractivity contribution is -0.131. The van der Waals surface area contributed by atoms with Crippen molar-refractivity contribution in [2.45, 2.75) is 40.2 Å². The topological polar surface area (TPSA) is 20.3 Å². The van der Waals surface area contributed by atoms with E-state index in [1.807, 2.05) is 0 Å². The summed E-state index contributed by atoms with van der Waals surface area (Å²) >= 11 is 0. The number of amides is 1. The van der Waals surface area contributed by atoms with Gasteiger partial charge in [0.2, 0.25) is 5.91 Å². The van der Waals surface area contributed by atoms with Gasteiger partial charge in [0.25, 0.3) is 0 Å². The summed E-state index contributed by atoms with van der Waals surface area (Å²) in [7, 11) is 0. The fourth-order valence-corrected chi connectivity index (χ4v) is 1.83. The number of nitrogens with zero attached hydrogens (tertiary/aromatic N) is 1. The van der Waals surface area contributed by atoms with E-state index in [1.54, 1.807) is 4.90 Å². The van der Waals surface area contributed by atoms with E-state index in [2.05, 4.69) is 51.0 Å². The molecule has 0 heterocycles. The summed E-state index contributed by atoms with van der Waals surface area (Å²) in [5.74, 6) is 3.26. The van der Waals surface area contributed by atoms with Crippen LogP contribution in [-0.2, 0) is 11.3 Å². The van der Waals surface area contributed by atoms with Crippen LogP contribution in [0.15, 0.2) is 24.3 Å². The van der Waals surface area contributed by atoms with Gasteiger partial charge in [-0.3, -0.25) is 4.79 Å². The lowest BCUT2D eigenvalue weighted by Gasteiger charge is -2.21. The van der Waals surface area contributed by atoms with Crippen molar-refractivity contribution in [1.82, 2.24) is 4.90 Å². The molecule has 0 N–H and O–H groups in total. The summed E-state index contributed by atoms with van der Waals surface area (Å²) in [6, 6.07) is 8.22. The molecule has 2 heteroatoms. The first-order chi connectivity index (χ1) is 9.02. The smallest absolute Gasteiger partial charge is 0.223 e. The molecule has 0 unspecified atom stereocenters. The van der Waals surface area contributed by atoms with Gasteiger partial charge in [-0.25, -0.2) is 0 Å². The van der Waals surface area contributed by atoms with Gasteiger partial charge >= 0.3 is 0 Å². The van der Waals surface area contributed by atoms with Gasteiger partial charge < -0.3 is 4.90 Å². The minimum absolute atomic E-state index is 0.146. The average Bonchev–Trinajstić information content (AvgIpc) is 2.38. The Morgan fingerprint density at radius 1 is 1.32 bits per heavy atom. The van der Waals surface area contributed by atoms with E-state index in [9.17, 15) is 4.79 Å². The van der Waals surface area contributed by atoms with Gasteiger partial charge in [0.15, 0.2) is 0 Å². The number of hydrogen-bond acceptors (Lipinski definition) is 1. The minimum Gasteiger partial charge on any atom is -0.327 e. The third-order valence-electron chi connectivity index (χ3n) is 3.06. The molecular formula is C17H23NO. The predicted octanol–water partition coefficient (Wildman–Crippen LogP) is 3.39. The Morgan fingerprint density at radius 3 is 2.47 bits per heavy atom. The third kappa shape index (κ3) is 5.61. The molecule has 0 aliphatic rings. The van der Waals surface area contributed by atoms with E-state index in [0.29, 0.717) is 25.4 Å². The minimum atomic E-state index is 0.146. The van der Waals surface area contributed by atoms with Crippen molar-refractivity contribution in [3.05, 3.63) is 35.4 Å². The number of terminal acetylenes is 1. The normalized spacial score (nSPS) is 10.3. The van der Waals surface area contributed by atoms with E-state index >= 15 is 0 Å². The van der Waals surface area contributed by atoms with Crippen LogP contribution in [0.25, 0.3) is 0 Å². The van der Waals surface area contributed by atoms with E-state index in [1.165, 1.54) is 5.56 Å². The van der Waals surface area contributed by atoms with Gasteiger partial charge in [0, 0.05) is 13.0 Å². The third-order valence-corrected chi connectivity index (χ3v) is 3.06. The molecule has 0 aliphatic carbocycles. The van der Waals surface area contributed by atoms with Crippen LogP contribution < -0.4 is 0 Å². The van der Waals surface area contributed by atoms with Crippen LogP contribution >= 0.6 is 0 Å². The molecule has 102 valence electrons. The molecular weight excluding hydrogens is 234 g/mol. The van der Waals surface area contributed by atoms with Crippen LogP contribution in [0.5, 0.6) is 0 Å². The molecule has 0 aliphatic heterocycles. The van der Waals surface area contributed by atoms with Gasteiger partial charge in [-0.15, -0.1) is 6.42 Å². The summed E-state index contributed by atoms with van der Waals surface area (Å²) in [6.07, 6.45) is 6.84. The summed E-state index contributed by atoms with van der Waals surface area (Å²) in [4.78, 5) is 13.9. The van der Waals surface area contributed by atoms with Crippen molar-refractivity contribution in [2.75, 3.05) is 6.54 Å². The number of carbonyl (C=O) groups is 1. The van der Waals surface area contributed by atoms with Gasteiger partial charge in [-0.1, -0.05) is 49.6 Å². The standard InChI is InChI=1S/C17H23NO/c1-5-12-18(17(19)11-6-14(2)3)13-16-9-7-15(4)8-10-16/h1,7-10,14H,6,11-13H2,2-4H3. The highest BCUT2D eigenvalue weighted by Crippen LogP contribution is 2.11. The second kappa shape index (κ2) is 7.63. The number of rotatable bonds is 6. The average molecular weight is 257 g/mol. The molecule has 0 radical (unpaired) electrons. The monoisotopic (exact) mass is 257 g/mol. The summed E-state index contributed by atoms with van der Waals surface area (Å²) < 4.78 is 0. The van der Waals surface area contributed by atoms with E-state index in [0.717, 1.165) is 12.0 Å². The molecule has 0 aromatic heterocycles. The molecule has 0 bridgehead atoms. The summed E-state index contributed by atoms with van der Waals surface area (Å²) in [5, 5.41) is 0. The maximum absolute atomic E-state index is 12.1. The van der Waals surface area contributed by atoms with Crippen molar-refractivity contribution >= 4 is 5.91 Å². The molecule has 0 saturated heterocycles. The molecule has 1 rings (SSSR count). The Hall–Kier alpha value is -1.75. The molecule has 1 amide bonds. The lowest BCUT2D eigenvalue weighted by Crippen LogP contribution is -2.30. The van der Waals surface area contributed by atoms with Crippen LogP contribution in [0.3, 0.4) is 0 Å². The SMILES string of the molecule is C#CCN(Cc1ccc(C)cc1)C(=O)CCC(C)C. The summed E-state index contributed by atoms with van der Waals surface area (Å²) in [5.41, 5.74) is 2.34. The molecule has 1 aromatic carbocycles. The zero-order chi connectivity index (χ0) is 14.3. The molecule has 19 heavy (non-hydrogen) atoms. The van der Waals surface area contributed by atoms with Crippen LogP contribution in [0.4, 0.5) is 0 Å². The fraction of sp³-hybridized carbons (Fsp3) is 0.471. The Labute approximate surface area is 116 Å². The van der Waals surface area contributed by atoms with Crippen LogP contribution in [-0.4, -0.2) is 17.4 Å². The number of aryl methyl sites for hydroxylation is 1. The molecule has 0 fully saturated rings. The van der Waals surface area contributed by atoms with Crippen LogP contribution in [0, 0.1) is 25.2 Å². The van der Waals surface area contributed by atoms with Crippen molar-refractivity contribution in [1.29, 1.82) is 0 Å². The van der Waals surface area contributed by atoms with Crippen LogP contribution in [0.2, 0.25) is 0 Å². The number of benzene rings is 1. The Bertz CT molecular complexity index is 439.